The molecular weight excluding hydrogens is 296 g/mol. The second-order valence-corrected chi connectivity index (χ2v) is 6.18. The molecule has 20 heavy (non-hydrogen) atoms. The van der Waals surface area contributed by atoms with Crippen molar-refractivity contribution in [2.45, 2.75) is 24.0 Å². The van der Waals surface area contributed by atoms with Crippen LogP contribution < -0.4 is 0 Å². The lowest BCUT2D eigenvalue weighted by atomic mass is 10.0. The molecule has 1 aromatic heterocycles. The molecule has 7 heteroatoms. The van der Waals surface area contributed by atoms with Crippen molar-refractivity contribution in [1.29, 1.82) is 0 Å². The van der Waals surface area contributed by atoms with Crippen LogP contribution in [0.25, 0.3) is 0 Å². The van der Waals surface area contributed by atoms with Crippen molar-refractivity contribution < 1.29 is 4.79 Å². The fourth-order valence-corrected chi connectivity index (χ4v) is 2.83. The Kier molecular flexibility index (Phi) is 5.23. The van der Waals surface area contributed by atoms with Gasteiger partial charge in [-0.25, -0.2) is 9.97 Å². The van der Waals surface area contributed by atoms with Crippen LogP contribution in [0.1, 0.15) is 23.3 Å². The first-order valence-electron chi connectivity index (χ1n) is 6.55. The Bertz CT molecular complexity index is 491. The predicted octanol–water partition coefficient (Wildman–Crippen LogP) is 2.02. The number of rotatable bonds is 3. The lowest BCUT2D eigenvalue weighted by Crippen LogP contribution is -2.44. The molecule has 1 aromatic rings. The molecule has 0 saturated carbocycles. The van der Waals surface area contributed by atoms with Crippen molar-refractivity contribution in [3.8, 4) is 0 Å². The number of carbonyl (C=O) groups is 1. The number of piperidine rings is 1. The number of hydrogen-bond donors (Lipinski definition) is 0. The van der Waals surface area contributed by atoms with Crippen LogP contribution in [0, 0.1) is 0 Å². The number of aromatic nitrogens is 2. The summed E-state index contributed by atoms with van der Waals surface area (Å²) in [5.41, 5.74) is 0.299. The molecule has 110 valence electrons. The van der Waals surface area contributed by atoms with Gasteiger partial charge in [0.2, 0.25) is 0 Å². The summed E-state index contributed by atoms with van der Waals surface area (Å²) < 4.78 is 0. The molecule has 1 aliphatic rings. The van der Waals surface area contributed by atoms with Crippen LogP contribution in [0.2, 0.25) is 5.02 Å². The fraction of sp³-hybridized carbons (Fsp3) is 0.615. The molecule has 1 aliphatic heterocycles. The smallest absolute Gasteiger partial charge is 0.274 e. The van der Waals surface area contributed by atoms with E-state index >= 15 is 0 Å². The van der Waals surface area contributed by atoms with Gasteiger partial charge in [-0.05, 0) is 39.2 Å². The first kappa shape index (κ1) is 15.5. The van der Waals surface area contributed by atoms with Gasteiger partial charge in [-0.1, -0.05) is 23.4 Å². The van der Waals surface area contributed by atoms with Crippen LogP contribution in [0.3, 0.4) is 0 Å². The summed E-state index contributed by atoms with van der Waals surface area (Å²) in [6.07, 6.45) is 5.34. The Morgan fingerprint density at radius 1 is 1.50 bits per heavy atom. The molecule has 0 N–H and O–H groups in total. The van der Waals surface area contributed by atoms with Crippen molar-refractivity contribution in [1.82, 2.24) is 19.8 Å². The Hall–Kier alpha value is -0.850. The molecule has 0 unspecified atom stereocenters. The van der Waals surface area contributed by atoms with Gasteiger partial charge in [0.25, 0.3) is 5.91 Å². The van der Waals surface area contributed by atoms with E-state index in [-0.39, 0.29) is 11.9 Å². The van der Waals surface area contributed by atoms with E-state index in [1.807, 2.05) is 13.3 Å². The highest BCUT2D eigenvalue weighted by Gasteiger charge is 2.27. The standard InChI is InChI=1S/C13H19ClN4OS/c1-17-6-4-9(5-7-17)18(2)12(19)11-10(14)8-15-13(16-11)20-3/h8-9H,4-7H2,1-3H3. The number of thioether (sulfide) groups is 1. The molecule has 0 radical (unpaired) electrons. The second-order valence-electron chi connectivity index (χ2n) is 5.00. The second kappa shape index (κ2) is 6.74. The molecule has 0 aliphatic carbocycles. The van der Waals surface area contributed by atoms with Crippen LogP contribution in [-0.2, 0) is 0 Å². The van der Waals surface area contributed by atoms with Gasteiger partial charge in [0, 0.05) is 13.1 Å². The minimum atomic E-state index is -0.123. The Labute approximate surface area is 128 Å². The summed E-state index contributed by atoms with van der Waals surface area (Å²) in [5.74, 6) is -0.123. The molecule has 0 atom stereocenters. The maximum atomic E-state index is 12.5. The van der Waals surface area contributed by atoms with E-state index in [0.29, 0.717) is 15.9 Å². The molecular formula is C13H19ClN4OS. The van der Waals surface area contributed by atoms with Crippen LogP contribution in [0.15, 0.2) is 11.4 Å². The number of carbonyl (C=O) groups excluding carboxylic acids is 1. The lowest BCUT2D eigenvalue weighted by Gasteiger charge is -2.35. The maximum absolute atomic E-state index is 12.5. The fourth-order valence-electron chi connectivity index (χ4n) is 2.31. The zero-order valence-corrected chi connectivity index (χ0v) is 13.5. The van der Waals surface area contributed by atoms with E-state index in [1.165, 1.54) is 18.0 Å². The minimum Gasteiger partial charge on any atom is -0.337 e. The average Bonchev–Trinajstić information content (AvgIpc) is 2.47. The molecule has 1 amide bonds. The largest absolute Gasteiger partial charge is 0.337 e. The van der Waals surface area contributed by atoms with Gasteiger partial charge in [-0.3, -0.25) is 4.79 Å². The molecule has 0 aromatic carbocycles. The van der Waals surface area contributed by atoms with E-state index in [9.17, 15) is 4.79 Å². The van der Waals surface area contributed by atoms with Crippen molar-refractivity contribution in [3.05, 3.63) is 16.9 Å². The van der Waals surface area contributed by atoms with Gasteiger partial charge in [-0.2, -0.15) is 0 Å². The van der Waals surface area contributed by atoms with Crippen LogP contribution in [0.5, 0.6) is 0 Å². The molecule has 1 fully saturated rings. The van der Waals surface area contributed by atoms with Gasteiger partial charge >= 0.3 is 0 Å². The minimum absolute atomic E-state index is 0.123. The first-order valence-corrected chi connectivity index (χ1v) is 8.15. The maximum Gasteiger partial charge on any atom is 0.274 e. The summed E-state index contributed by atoms with van der Waals surface area (Å²) in [6, 6.07) is 0.252. The first-order chi connectivity index (χ1) is 9.52. The number of halogens is 1. The summed E-state index contributed by atoms with van der Waals surface area (Å²) in [5, 5.41) is 0.877. The lowest BCUT2D eigenvalue weighted by molar-refractivity contribution is 0.0653. The normalized spacial score (nSPS) is 17.2. The van der Waals surface area contributed by atoms with Gasteiger partial charge in [0.05, 0.1) is 11.2 Å². The SMILES string of the molecule is CSc1ncc(Cl)c(C(=O)N(C)C2CCN(C)CC2)n1. The van der Waals surface area contributed by atoms with Crippen LogP contribution in [0.4, 0.5) is 0 Å². The van der Waals surface area contributed by atoms with E-state index in [0.717, 1.165) is 25.9 Å². The third kappa shape index (κ3) is 3.42. The van der Waals surface area contributed by atoms with E-state index in [2.05, 4.69) is 21.9 Å². The third-order valence-corrected chi connectivity index (χ3v) is 4.50. The van der Waals surface area contributed by atoms with E-state index in [1.54, 1.807) is 4.90 Å². The summed E-state index contributed by atoms with van der Waals surface area (Å²) >= 11 is 7.46. The number of amides is 1. The van der Waals surface area contributed by atoms with E-state index in [4.69, 9.17) is 11.6 Å². The summed E-state index contributed by atoms with van der Waals surface area (Å²) in [6.45, 7) is 2.02. The van der Waals surface area contributed by atoms with Crippen LogP contribution in [-0.4, -0.2) is 65.2 Å². The Morgan fingerprint density at radius 2 is 2.15 bits per heavy atom. The van der Waals surface area contributed by atoms with Crippen LogP contribution >= 0.6 is 23.4 Å². The number of nitrogens with zero attached hydrogens (tertiary/aromatic N) is 4. The van der Waals surface area contributed by atoms with Gasteiger partial charge in [-0.15, -0.1) is 0 Å². The van der Waals surface area contributed by atoms with Gasteiger partial charge < -0.3 is 9.80 Å². The monoisotopic (exact) mass is 314 g/mol. The average molecular weight is 315 g/mol. The Balaban J connectivity index is 2.14. The molecule has 0 spiro atoms. The molecule has 2 heterocycles. The van der Waals surface area contributed by atoms with E-state index < -0.39 is 0 Å². The predicted molar refractivity (Wildman–Crippen MR) is 81.4 cm³/mol. The summed E-state index contributed by atoms with van der Waals surface area (Å²) in [7, 11) is 3.93. The van der Waals surface area contributed by atoms with Crippen molar-refractivity contribution in [2.75, 3.05) is 33.4 Å². The number of hydrogen-bond acceptors (Lipinski definition) is 5. The zero-order valence-electron chi connectivity index (χ0n) is 12.0. The van der Waals surface area contributed by atoms with Crippen molar-refractivity contribution in [2.24, 2.45) is 0 Å². The van der Waals surface area contributed by atoms with Gasteiger partial charge in [0.15, 0.2) is 10.9 Å². The van der Waals surface area contributed by atoms with Crippen molar-refractivity contribution >= 4 is 29.3 Å². The Morgan fingerprint density at radius 3 is 2.75 bits per heavy atom. The molecule has 1 saturated heterocycles. The molecule has 5 nitrogen and oxygen atoms in total. The number of likely N-dealkylation sites (tertiary alicyclic amines) is 1. The van der Waals surface area contributed by atoms with Gasteiger partial charge in [0.1, 0.15) is 0 Å². The highest BCUT2D eigenvalue weighted by Crippen LogP contribution is 2.21. The summed E-state index contributed by atoms with van der Waals surface area (Å²) in [4.78, 5) is 24.9. The topological polar surface area (TPSA) is 49.3 Å². The highest BCUT2D eigenvalue weighted by molar-refractivity contribution is 7.98. The quantitative estimate of drug-likeness (QED) is 0.631. The molecule has 0 bridgehead atoms. The third-order valence-electron chi connectivity index (χ3n) is 3.66. The molecule has 2 rings (SSSR count). The zero-order chi connectivity index (χ0) is 14.7. The van der Waals surface area contributed by atoms with Crippen molar-refractivity contribution in [3.63, 3.8) is 0 Å². The highest BCUT2D eigenvalue weighted by atomic mass is 35.5.